The normalized spacial score (nSPS) is 11.3. The Labute approximate surface area is 200 Å². The Morgan fingerprint density at radius 3 is 1.88 bits per heavy atom. The van der Waals surface area contributed by atoms with Crippen LogP contribution in [0.4, 0.5) is 11.4 Å². The molecule has 3 aromatic rings. The van der Waals surface area contributed by atoms with Gasteiger partial charge in [0, 0.05) is 11.4 Å². The maximum atomic E-state index is 12.4. The van der Waals surface area contributed by atoms with E-state index in [0.29, 0.717) is 34.5 Å². The lowest BCUT2D eigenvalue weighted by Crippen LogP contribution is -2.22. The fourth-order valence-corrected chi connectivity index (χ4v) is 3.33. The molecule has 2 N–H and O–H groups in total. The summed E-state index contributed by atoms with van der Waals surface area (Å²) >= 11 is 0. The average Bonchev–Trinajstić information content (AvgIpc) is 2.86. The van der Waals surface area contributed by atoms with Crippen molar-refractivity contribution < 1.29 is 23.8 Å². The number of carbonyl (C=O) groups is 2. The molecule has 0 saturated carbocycles. The maximum absolute atomic E-state index is 12.4. The Hall–Kier alpha value is -4.00. The number of anilines is 2. The van der Waals surface area contributed by atoms with Gasteiger partial charge >= 0.3 is 0 Å². The number of para-hydroxylation sites is 3. The Kier molecular flexibility index (Phi) is 8.91. The molecule has 1 unspecified atom stereocenters. The summed E-state index contributed by atoms with van der Waals surface area (Å²) in [4.78, 5) is 24.7. The zero-order valence-electron chi connectivity index (χ0n) is 19.7. The van der Waals surface area contributed by atoms with E-state index in [1.54, 1.807) is 42.5 Å². The van der Waals surface area contributed by atoms with E-state index in [0.717, 1.165) is 12.0 Å². The van der Waals surface area contributed by atoms with Gasteiger partial charge in [0.05, 0.1) is 7.11 Å². The van der Waals surface area contributed by atoms with E-state index in [1.807, 2.05) is 30.3 Å². The Morgan fingerprint density at radius 1 is 0.765 bits per heavy atom. The van der Waals surface area contributed by atoms with Gasteiger partial charge in [-0.15, -0.1) is 0 Å². The van der Waals surface area contributed by atoms with Crippen molar-refractivity contribution in [2.75, 3.05) is 31.0 Å². The van der Waals surface area contributed by atoms with Gasteiger partial charge in [0.1, 0.15) is 5.75 Å². The largest absolute Gasteiger partial charge is 0.493 e. The summed E-state index contributed by atoms with van der Waals surface area (Å²) in [5.74, 6) is 1.46. The molecule has 0 saturated heterocycles. The van der Waals surface area contributed by atoms with Crippen molar-refractivity contribution in [2.45, 2.75) is 26.2 Å². The lowest BCUT2D eigenvalue weighted by Gasteiger charge is -2.15. The summed E-state index contributed by atoms with van der Waals surface area (Å²) in [7, 11) is 1.54. The van der Waals surface area contributed by atoms with Crippen LogP contribution in [-0.4, -0.2) is 32.1 Å². The first-order valence-corrected chi connectivity index (χ1v) is 11.2. The molecule has 7 heteroatoms. The Bertz CT molecular complexity index is 1120. The van der Waals surface area contributed by atoms with E-state index >= 15 is 0 Å². The number of nitrogens with one attached hydrogen (secondary N) is 2. The SMILES string of the molecule is CCC(C)c1ccccc1OCC(=O)Nc1cccc(NC(=O)COc2ccccc2OC)c1. The minimum Gasteiger partial charge on any atom is -0.493 e. The van der Waals surface area contributed by atoms with Gasteiger partial charge in [0.15, 0.2) is 24.7 Å². The highest BCUT2D eigenvalue weighted by molar-refractivity contribution is 5.95. The first-order chi connectivity index (χ1) is 16.5. The van der Waals surface area contributed by atoms with Crippen LogP contribution in [0.3, 0.4) is 0 Å². The number of hydrogen-bond donors (Lipinski definition) is 2. The molecule has 0 radical (unpaired) electrons. The number of ether oxygens (including phenoxy) is 3. The summed E-state index contributed by atoms with van der Waals surface area (Å²) in [5.41, 5.74) is 2.17. The van der Waals surface area contributed by atoms with Gasteiger partial charge in [0.25, 0.3) is 11.8 Å². The third kappa shape index (κ3) is 7.00. The van der Waals surface area contributed by atoms with Crippen molar-refractivity contribution in [1.82, 2.24) is 0 Å². The van der Waals surface area contributed by atoms with Crippen LogP contribution in [0.25, 0.3) is 0 Å². The van der Waals surface area contributed by atoms with Crippen molar-refractivity contribution in [3.8, 4) is 17.2 Å². The lowest BCUT2D eigenvalue weighted by atomic mass is 9.98. The van der Waals surface area contributed by atoms with Crippen molar-refractivity contribution in [1.29, 1.82) is 0 Å². The third-order valence-electron chi connectivity index (χ3n) is 5.28. The second-order valence-corrected chi connectivity index (χ2v) is 7.75. The van der Waals surface area contributed by atoms with Gasteiger partial charge in [-0.2, -0.15) is 0 Å². The van der Waals surface area contributed by atoms with E-state index in [4.69, 9.17) is 14.2 Å². The van der Waals surface area contributed by atoms with Crippen LogP contribution in [0.2, 0.25) is 0 Å². The molecule has 1 atom stereocenters. The van der Waals surface area contributed by atoms with Crippen molar-refractivity contribution in [2.24, 2.45) is 0 Å². The minimum absolute atomic E-state index is 0.114. The molecule has 0 fully saturated rings. The Balaban J connectivity index is 1.52. The molecule has 0 bridgehead atoms. The quantitative estimate of drug-likeness (QED) is 0.407. The van der Waals surface area contributed by atoms with E-state index < -0.39 is 0 Å². The van der Waals surface area contributed by atoms with Crippen LogP contribution < -0.4 is 24.8 Å². The molecule has 2 amide bonds. The molecule has 3 aromatic carbocycles. The standard InChI is InChI=1S/C27H30N2O5/c1-4-19(2)22-12-5-6-13-23(22)33-17-26(30)28-20-10-9-11-21(16-20)29-27(31)18-34-25-15-8-7-14-24(25)32-3/h5-16,19H,4,17-18H2,1-3H3,(H,28,30)(H,29,31). The molecule has 0 aromatic heterocycles. The topological polar surface area (TPSA) is 85.9 Å². The van der Waals surface area contributed by atoms with Gasteiger partial charge in [-0.3, -0.25) is 9.59 Å². The highest BCUT2D eigenvalue weighted by Crippen LogP contribution is 2.28. The van der Waals surface area contributed by atoms with Gasteiger partial charge in [-0.25, -0.2) is 0 Å². The van der Waals surface area contributed by atoms with Gasteiger partial charge < -0.3 is 24.8 Å². The fourth-order valence-electron chi connectivity index (χ4n) is 3.33. The number of hydrogen-bond acceptors (Lipinski definition) is 5. The molecular formula is C27H30N2O5. The smallest absolute Gasteiger partial charge is 0.262 e. The number of carbonyl (C=O) groups excluding carboxylic acids is 2. The molecule has 0 spiro atoms. The number of methoxy groups -OCH3 is 1. The molecular weight excluding hydrogens is 432 g/mol. The van der Waals surface area contributed by atoms with Gasteiger partial charge in [-0.1, -0.05) is 50.2 Å². The van der Waals surface area contributed by atoms with Crippen molar-refractivity contribution in [3.05, 3.63) is 78.4 Å². The summed E-state index contributed by atoms with van der Waals surface area (Å²) in [5, 5.41) is 5.56. The van der Waals surface area contributed by atoms with E-state index in [-0.39, 0.29) is 25.0 Å². The molecule has 3 rings (SSSR count). The number of rotatable bonds is 11. The molecule has 34 heavy (non-hydrogen) atoms. The minimum atomic E-state index is -0.334. The van der Waals surface area contributed by atoms with Crippen LogP contribution >= 0.6 is 0 Å². The van der Waals surface area contributed by atoms with Crippen LogP contribution in [-0.2, 0) is 9.59 Å². The van der Waals surface area contributed by atoms with Gasteiger partial charge in [0.2, 0.25) is 0 Å². The van der Waals surface area contributed by atoms with Crippen LogP contribution in [0.15, 0.2) is 72.8 Å². The molecule has 178 valence electrons. The van der Waals surface area contributed by atoms with Crippen LogP contribution in [0, 0.1) is 0 Å². The van der Waals surface area contributed by atoms with Gasteiger partial charge in [-0.05, 0) is 54.3 Å². The lowest BCUT2D eigenvalue weighted by molar-refractivity contribution is -0.118. The second-order valence-electron chi connectivity index (χ2n) is 7.75. The van der Waals surface area contributed by atoms with E-state index in [1.165, 1.54) is 7.11 Å². The molecule has 0 heterocycles. The second kappa shape index (κ2) is 12.3. The molecule has 0 aliphatic rings. The zero-order valence-corrected chi connectivity index (χ0v) is 19.7. The molecule has 7 nitrogen and oxygen atoms in total. The summed E-state index contributed by atoms with van der Waals surface area (Å²) in [6.45, 7) is 3.95. The first kappa shape index (κ1) is 24.6. The molecule has 0 aliphatic carbocycles. The number of benzene rings is 3. The van der Waals surface area contributed by atoms with E-state index in [9.17, 15) is 9.59 Å². The highest BCUT2D eigenvalue weighted by Gasteiger charge is 2.12. The summed E-state index contributed by atoms with van der Waals surface area (Å²) < 4.78 is 16.5. The maximum Gasteiger partial charge on any atom is 0.262 e. The zero-order chi connectivity index (χ0) is 24.3. The predicted octanol–water partition coefficient (Wildman–Crippen LogP) is 5.24. The van der Waals surface area contributed by atoms with E-state index in [2.05, 4.69) is 24.5 Å². The highest BCUT2D eigenvalue weighted by atomic mass is 16.5. The summed E-state index contributed by atoms with van der Waals surface area (Å²) in [6, 6.07) is 21.7. The van der Waals surface area contributed by atoms with Crippen molar-refractivity contribution in [3.63, 3.8) is 0 Å². The summed E-state index contributed by atoms with van der Waals surface area (Å²) in [6.07, 6.45) is 0.981. The Morgan fingerprint density at radius 2 is 1.29 bits per heavy atom. The molecule has 0 aliphatic heterocycles. The monoisotopic (exact) mass is 462 g/mol. The number of amides is 2. The van der Waals surface area contributed by atoms with Crippen LogP contribution in [0.1, 0.15) is 31.7 Å². The van der Waals surface area contributed by atoms with Crippen molar-refractivity contribution >= 4 is 23.2 Å². The third-order valence-corrected chi connectivity index (χ3v) is 5.28. The fraction of sp³-hybridized carbons (Fsp3) is 0.259. The predicted molar refractivity (Wildman–Crippen MR) is 133 cm³/mol. The average molecular weight is 463 g/mol. The first-order valence-electron chi connectivity index (χ1n) is 11.2. The van der Waals surface area contributed by atoms with Crippen LogP contribution in [0.5, 0.6) is 17.2 Å².